The maximum atomic E-state index is 12.0. The monoisotopic (exact) mass is 239 g/mol. The van der Waals surface area contributed by atoms with Crippen LogP contribution in [0.25, 0.3) is 0 Å². The minimum absolute atomic E-state index is 0. The smallest absolute Gasteiger partial charge is 0.387 e. The Morgan fingerprint density at radius 3 is 2.53 bits per heavy atom. The summed E-state index contributed by atoms with van der Waals surface area (Å²) in [4.78, 5) is 0. The third-order valence-electron chi connectivity index (χ3n) is 1.71. The van der Waals surface area contributed by atoms with Gasteiger partial charge in [0, 0.05) is 12.1 Å². The Kier molecular flexibility index (Phi) is 5.96. The lowest BCUT2D eigenvalue weighted by atomic mass is 10.2. The van der Waals surface area contributed by atoms with Crippen molar-refractivity contribution in [3.8, 4) is 11.5 Å². The maximum Gasteiger partial charge on any atom is 0.387 e. The van der Waals surface area contributed by atoms with E-state index in [-0.39, 0.29) is 30.5 Å². The van der Waals surface area contributed by atoms with Crippen molar-refractivity contribution in [1.29, 1.82) is 0 Å². The standard InChI is InChI=1S/C9H11F2NO2.ClH/c1-13-7-4-2-3-6(5-12)8(7)14-9(10)11;/h2-4,9H,5,12H2,1H3;1H. The topological polar surface area (TPSA) is 44.5 Å². The van der Waals surface area contributed by atoms with Crippen LogP contribution in [0.4, 0.5) is 8.78 Å². The predicted molar refractivity (Wildman–Crippen MR) is 54.8 cm³/mol. The fraction of sp³-hybridized carbons (Fsp3) is 0.333. The summed E-state index contributed by atoms with van der Waals surface area (Å²) in [5.41, 5.74) is 5.86. The van der Waals surface area contributed by atoms with Gasteiger partial charge in [0.2, 0.25) is 0 Å². The molecule has 0 aromatic heterocycles. The molecule has 0 aliphatic carbocycles. The zero-order valence-electron chi connectivity index (χ0n) is 8.07. The molecular weight excluding hydrogens is 228 g/mol. The molecule has 2 N–H and O–H groups in total. The highest BCUT2D eigenvalue weighted by Crippen LogP contribution is 2.31. The summed E-state index contributed by atoms with van der Waals surface area (Å²) in [6, 6.07) is 4.82. The predicted octanol–water partition coefficient (Wildman–Crippen LogP) is 2.18. The molecule has 0 spiro atoms. The molecule has 0 radical (unpaired) electrons. The summed E-state index contributed by atoms with van der Waals surface area (Å²) in [6.45, 7) is -2.75. The fourth-order valence-corrected chi connectivity index (χ4v) is 1.11. The molecule has 0 fully saturated rings. The zero-order valence-corrected chi connectivity index (χ0v) is 8.89. The van der Waals surface area contributed by atoms with E-state index in [4.69, 9.17) is 10.5 Å². The van der Waals surface area contributed by atoms with Crippen LogP contribution >= 0.6 is 12.4 Å². The molecular formula is C9H12ClF2NO2. The van der Waals surface area contributed by atoms with Crippen LogP contribution in [0.5, 0.6) is 11.5 Å². The van der Waals surface area contributed by atoms with Gasteiger partial charge in [-0.05, 0) is 6.07 Å². The number of hydrogen-bond acceptors (Lipinski definition) is 3. The first-order valence-corrected chi connectivity index (χ1v) is 3.99. The second-order valence-corrected chi connectivity index (χ2v) is 2.53. The maximum absolute atomic E-state index is 12.0. The minimum Gasteiger partial charge on any atom is -0.493 e. The highest BCUT2D eigenvalue weighted by molar-refractivity contribution is 5.85. The van der Waals surface area contributed by atoms with Gasteiger partial charge in [0.1, 0.15) is 0 Å². The normalized spacial score (nSPS) is 9.67. The molecule has 0 heterocycles. The van der Waals surface area contributed by atoms with Crippen molar-refractivity contribution < 1.29 is 18.3 Å². The van der Waals surface area contributed by atoms with E-state index in [0.717, 1.165) is 0 Å². The van der Waals surface area contributed by atoms with Crippen molar-refractivity contribution >= 4 is 12.4 Å². The van der Waals surface area contributed by atoms with Crippen LogP contribution < -0.4 is 15.2 Å². The van der Waals surface area contributed by atoms with E-state index in [9.17, 15) is 8.78 Å². The molecule has 0 saturated carbocycles. The van der Waals surface area contributed by atoms with E-state index in [0.29, 0.717) is 5.56 Å². The summed E-state index contributed by atoms with van der Waals surface area (Å²) < 4.78 is 33.3. The quantitative estimate of drug-likeness (QED) is 0.876. The second-order valence-electron chi connectivity index (χ2n) is 2.53. The van der Waals surface area contributed by atoms with Gasteiger partial charge >= 0.3 is 6.61 Å². The van der Waals surface area contributed by atoms with Crippen molar-refractivity contribution in [2.75, 3.05) is 7.11 Å². The summed E-state index contributed by atoms with van der Waals surface area (Å²) in [5, 5.41) is 0. The Bertz CT molecular complexity index is 288. The molecule has 1 aromatic carbocycles. The van der Waals surface area contributed by atoms with Crippen molar-refractivity contribution in [3.63, 3.8) is 0 Å². The van der Waals surface area contributed by atoms with E-state index in [1.165, 1.54) is 13.2 Å². The Hall–Kier alpha value is -1.07. The van der Waals surface area contributed by atoms with Crippen LogP contribution in [0, 0.1) is 0 Å². The summed E-state index contributed by atoms with van der Waals surface area (Å²) in [6.07, 6.45) is 0. The lowest BCUT2D eigenvalue weighted by Crippen LogP contribution is -2.08. The molecule has 3 nitrogen and oxygen atoms in total. The Balaban J connectivity index is 0.00000196. The van der Waals surface area contributed by atoms with Crippen LogP contribution in [0.15, 0.2) is 18.2 Å². The number of halogens is 3. The molecule has 0 aliphatic heterocycles. The van der Waals surface area contributed by atoms with Crippen molar-refractivity contribution in [1.82, 2.24) is 0 Å². The molecule has 0 atom stereocenters. The van der Waals surface area contributed by atoms with Gasteiger partial charge in [-0.2, -0.15) is 8.78 Å². The first-order valence-electron chi connectivity index (χ1n) is 3.99. The van der Waals surface area contributed by atoms with Crippen LogP contribution in [0.1, 0.15) is 5.56 Å². The number of benzene rings is 1. The third kappa shape index (κ3) is 3.53. The van der Waals surface area contributed by atoms with Crippen LogP contribution in [0.2, 0.25) is 0 Å². The van der Waals surface area contributed by atoms with Gasteiger partial charge in [0.15, 0.2) is 11.5 Å². The van der Waals surface area contributed by atoms with E-state index >= 15 is 0 Å². The van der Waals surface area contributed by atoms with Gasteiger partial charge in [0.25, 0.3) is 0 Å². The Morgan fingerprint density at radius 1 is 1.40 bits per heavy atom. The number of nitrogens with two attached hydrogens (primary N) is 1. The molecule has 1 aromatic rings. The van der Waals surface area contributed by atoms with Gasteiger partial charge in [0.05, 0.1) is 7.11 Å². The molecule has 6 heteroatoms. The fourth-order valence-electron chi connectivity index (χ4n) is 1.11. The lowest BCUT2D eigenvalue weighted by molar-refractivity contribution is -0.0518. The summed E-state index contributed by atoms with van der Waals surface area (Å²) in [5.74, 6) is 0.265. The molecule has 0 bridgehead atoms. The van der Waals surface area contributed by atoms with Crippen LogP contribution in [-0.4, -0.2) is 13.7 Å². The molecule has 0 saturated heterocycles. The van der Waals surface area contributed by atoms with E-state index in [1.807, 2.05) is 0 Å². The number of hydrogen-bond donors (Lipinski definition) is 1. The first kappa shape index (κ1) is 13.9. The number of alkyl halides is 2. The Morgan fingerprint density at radius 2 is 2.07 bits per heavy atom. The molecule has 1 rings (SSSR count). The Labute approximate surface area is 92.6 Å². The highest BCUT2D eigenvalue weighted by Gasteiger charge is 2.13. The first-order chi connectivity index (χ1) is 6.69. The average Bonchev–Trinajstić information content (AvgIpc) is 2.17. The van der Waals surface area contributed by atoms with E-state index in [1.54, 1.807) is 12.1 Å². The third-order valence-corrected chi connectivity index (χ3v) is 1.71. The molecule has 86 valence electrons. The van der Waals surface area contributed by atoms with Gasteiger partial charge < -0.3 is 15.2 Å². The second kappa shape index (κ2) is 6.42. The number of para-hydroxylation sites is 1. The molecule has 0 aliphatic rings. The summed E-state index contributed by atoms with van der Waals surface area (Å²) >= 11 is 0. The molecule has 15 heavy (non-hydrogen) atoms. The number of ether oxygens (including phenoxy) is 2. The number of methoxy groups -OCH3 is 1. The van der Waals surface area contributed by atoms with E-state index < -0.39 is 6.61 Å². The van der Waals surface area contributed by atoms with E-state index in [2.05, 4.69) is 4.74 Å². The van der Waals surface area contributed by atoms with Gasteiger partial charge in [-0.3, -0.25) is 0 Å². The van der Waals surface area contributed by atoms with Crippen molar-refractivity contribution in [3.05, 3.63) is 23.8 Å². The highest BCUT2D eigenvalue weighted by atomic mass is 35.5. The zero-order chi connectivity index (χ0) is 10.6. The lowest BCUT2D eigenvalue weighted by Gasteiger charge is -2.12. The van der Waals surface area contributed by atoms with Crippen LogP contribution in [0.3, 0.4) is 0 Å². The summed E-state index contributed by atoms with van der Waals surface area (Å²) in [7, 11) is 1.38. The largest absolute Gasteiger partial charge is 0.493 e. The number of rotatable bonds is 4. The molecule has 0 amide bonds. The van der Waals surface area contributed by atoms with Crippen molar-refractivity contribution in [2.24, 2.45) is 5.73 Å². The molecule has 0 unspecified atom stereocenters. The SMILES string of the molecule is COc1cccc(CN)c1OC(F)F.Cl. The van der Waals surface area contributed by atoms with Crippen LogP contribution in [-0.2, 0) is 6.54 Å². The van der Waals surface area contributed by atoms with Gasteiger partial charge in [-0.25, -0.2) is 0 Å². The van der Waals surface area contributed by atoms with Gasteiger partial charge in [-0.1, -0.05) is 12.1 Å². The van der Waals surface area contributed by atoms with Gasteiger partial charge in [-0.15, -0.1) is 12.4 Å². The average molecular weight is 240 g/mol. The van der Waals surface area contributed by atoms with Crippen molar-refractivity contribution in [2.45, 2.75) is 13.2 Å². The minimum atomic E-state index is -2.88.